The molecule has 0 bridgehead atoms. The van der Waals surface area contributed by atoms with Gasteiger partial charge < -0.3 is 24.5 Å². The average molecular weight is 242 g/mol. The fraction of sp³-hybridized carbons (Fsp3) is 0.545. The number of ether oxygens (including phenoxy) is 1. The average Bonchev–Trinajstić information content (AvgIpc) is 2.75. The summed E-state index contributed by atoms with van der Waals surface area (Å²) in [5.74, 6) is -0.641. The molecule has 0 atom stereocenters. The second kappa shape index (κ2) is 6.93. The second-order valence-electron chi connectivity index (χ2n) is 3.69. The summed E-state index contributed by atoms with van der Waals surface area (Å²) in [6.45, 7) is 3.07. The van der Waals surface area contributed by atoms with E-state index < -0.39 is 5.97 Å². The summed E-state index contributed by atoms with van der Waals surface area (Å²) in [5.41, 5.74) is 0. The molecular weight excluding hydrogens is 224 g/mol. The third-order valence-corrected chi connectivity index (χ3v) is 2.29. The van der Waals surface area contributed by atoms with E-state index >= 15 is 0 Å². The van der Waals surface area contributed by atoms with Crippen molar-refractivity contribution in [2.75, 3.05) is 45.7 Å². The number of carboxylic acids is 1. The van der Waals surface area contributed by atoms with E-state index in [-0.39, 0.29) is 5.76 Å². The van der Waals surface area contributed by atoms with Gasteiger partial charge in [-0.15, -0.1) is 0 Å². The van der Waals surface area contributed by atoms with Crippen molar-refractivity contribution >= 4 is 11.9 Å². The highest BCUT2D eigenvalue weighted by Gasteiger charge is 2.08. The molecular formula is C11H18N2O4. The van der Waals surface area contributed by atoms with Gasteiger partial charge in [-0.05, 0) is 13.1 Å². The van der Waals surface area contributed by atoms with Gasteiger partial charge in [0.05, 0.1) is 6.61 Å². The summed E-state index contributed by atoms with van der Waals surface area (Å²) in [4.78, 5) is 12.7. The standard InChI is InChI=1S/C11H18N2O4/c1-13(7-8-16-2)6-5-12-10-4-3-9(17-10)11(14)15/h3-4,12H,5-8H2,1-2H3,(H,14,15). The molecule has 96 valence electrons. The van der Waals surface area contributed by atoms with Crippen LogP contribution in [-0.2, 0) is 4.74 Å². The van der Waals surface area contributed by atoms with Gasteiger partial charge in [0.2, 0.25) is 5.76 Å². The van der Waals surface area contributed by atoms with Crippen molar-refractivity contribution in [1.29, 1.82) is 0 Å². The Morgan fingerprint density at radius 1 is 1.53 bits per heavy atom. The smallest absolute Gasteiger partial charge is 0.371 e. The number of aromatic carboxylic acids is 1. The summed E-state index contributed by atoms with van der Waals surface area (Å²) in [5, 5.41) is 11.7. The largest absolute Gasteiger partial charge is 0.475 e. The third kappa shape index (κ3) is 4.88. The number of carboxylic acid groups (broad SMARTS) is 1. The van der Waals surface area contributed by atoms with E-state index in [4.69, 9.17) is 14.3 Å². The molecule has 0 fully saturated rings. The Morgan fingerprint density at radius 2 is 2.29 bits per heavy atom. The maximum absolute atomic E-state index is 10.6. The van der Waals surface area contributed by atoms with E-state index in [1.165, 1.54) is 6.07 Å². The van der Waals surface area contributed by atoms with Crippen LogP contribution in [0.3, 0.4) is 0 Å². The Hall–Kier alpha value is -1.53. The summed E-state index contributed by atoms with van der Waals surface area (Å²) in [6.07, 6.45) is 0. The molecule has 0 aliphatic heterocycles. The third-order valence-electron chi connectivity index (χ3n) is 2.29. The SMILES string of the molecule is COCCN(C)CCNc1ccc(C(=O)O)o1. The highest BCUT2D eigenvalue weighted by molar-refractivity contribution is 5.84. The molecule has 6 heteroatoms. The van der Waals surface area contributed by atoms with Crippen molar-refractivity contribution in [3.63, 3.8) is 0 Å². The van der Waals surface area contributed by atoms with Crippen LogP contribution in [0.15, 0.2) is 16.5 Å². The van der Waals surface area contributed by atoms with Crippen molar-refractivity contribution < 1.29 is 19.1 Å². The molecule has 0 aliphatic rings. The number of likely N-dealkylation sites (N-methyl/N-ethyl adjacent to an activating group) is 1. The molecule has 0 radical (unpaired) electrons. The molecule has 2 N–H and O–H groups in total. The van der Waals surface area contributed by atoms with Crippen LogP contribution in [-0.4, -0.2) is 56.4 Å². The van der Waals surface area contributed by atoms with Gasteiger partial charge in [-0.25, -0.2) is 4.79 Å². The van der Waals surface area contributed by atoms with Crippen molar-refractivity contribution in [3.8, 4) is 0 Å². The first-order valence-corrected chi connectivity index (χ1v) is 5.38. The lowest BCUT2D eigenvalue weighted by Gasteiger charge is -2.15. The molecule has 0 spiro atoms. The van der Waals surface area contributed by atoms with E-state index in [1.54, 1.807) is 13.2 Å². The normalized spacial score (nSPS) is 10.8. The number of anilines is 1. The molecule has 0 aromatic carbocycles. The minimum atomic E-state index is -1.06. The predicted molar refractivity (Wildman–Crippen MR) is 63.5 cm³/mol. The number of nitrogens with one attached hydrogen (secondary N) is 1. The zero-order valence-electron chi connectivity index (χ0n) is 10.1. The van der Waals surface area contributed by atoms with E-state index in [0.717, 1.165) is 13.1 Å². The molecule has 0 unspecified atom stereocenters. The molecule has 6 nitrogen and oxygen atoms in total. The van der Waals surface area contributed by atoms with Gasteiger partial charge >= 0.3 is 5.97 Å². The summed E-state index contributed by atoms with van der Waals surface area (Å²) in [7, 11) is 3.66. The topological polar surface area (TPSA) is 74.9 Å². The van der Waals surface area contributed by atoms with E-state index in [2.05, 4.69) is 10.2 Å². The Kier molecular flexibility index (Phi) is 5.51. The minimum Gasteiger partial charge on any atom is -0.475 e. The number of rotatable bonds is 8. The van der Waals surface area contributed by atoms with Crippen LogP contribution in [0, 0.1) is 0 Å². The van der Waals surface area contributed by atoms with Gasteiger partial charge in [0, 0.05) is 32.8 Å². The second-order valence-corrected chi connectivity index (χ2v) is 3.69. The van der Waals surface area contributed by atoms with Gasteiger partial charge in [-0.3, -0.25) is 0 Å². The molecule has 0 aliphatic carbocycles. The lowest BCUT2D eigenvalue weighted by atomic mass is 10.4. The van der Waals surface area contributed by atoms with E-state index in [1.807, 2.05) is 7.05 Å². The number of methoxy groups -OCH3 is 1. The van der Waals surface area contributed by atoms with Gasteiger partial charge in [0.25, 0.3) is 0 Å². The molecule has 17 heavy (non-hydrogen) atoms. The van der Waals surface area contributed by atoms with Crippen LogP contribution in [0.4, 0.5) is 5.88 Å². The summed E-state index contributed by atoms with van der Waals surface area (Å²) in [6, 6.07) is 3.04. The van der Waals surface area contributed by atoms with Gasteiger partial charge in [-0.1, -0.05) is 0 Å². The monoisotopic (exact) mass is 242 g/mol. The molecule has 1 heterocycles. The molecule has 1 rings (SSSR count). The molecule has 0 saturated carbocycles. The quantitative estimate of drug-likeness (QED) is 0.707. The lowest BCUT2D eigenvalue weighted by Crippen LogP contribution is -2.28. The maximum atomic E-state index is 10.6. The minimum absolute atomic E-state index is 0.0553. The molecule has 1 aromatic heterocycles. The first kappa shape index (κ1) is 13.5. The van der Waals surface area contributed by atoms with Crippen LogP contribution in [0.25, 0.3) is 0 Å². The van der Waals surface area contributed by atoms with E-state index in [0.29, 0.717) is 19.0 Å². The van der Waals surface area contributed by atoms with Gasteiger partial charge in [0.1, 0.15) is 0 Å². The Labute approximate surface area is 100 Å². The first-order valence-electron chi connectivity index (χ1n) is 5.38. The fourth-order valence-corrected chi connectivity index (χ4v) is 1.28. The Bertz CT molecular complexity index is 351. The summed E-state index contributed by atoms with van der Waals surface area (Å²) >= 11 is 0. The van der Waals surface area contributed by atoms with Crippen molar-refractivity contribution in [3.05, 3.63) is 17.9 Å². The number of hydrogen-bond acceptors (Lipinski definition) is 5. The van der Waals surface area contributed by atoms with Crippen LogP contribution in [0.5, 0.6) is 0 Å². The fourth-order valence-electron chi connectivity index (χ4n) is 1.28. The molecule has 0 amide bonds. The van der Waals surface area contributed by atoms with Crippen molar-refractivity contribution in [2.45, 2.75) is 0 Å². The van der Waals surface area contributed by atoms with Crippen LogP contribution < -0.4 is 5.32 Å². The number of hydrogen-bond donors (Lipinski definition) is 2. The Morgan fingerprint density at radius 3 is 2.88 bits per heavy atom. The van der Waals surface area contributed by atoms with Gasteiger partial charge in [0.15, 0.2) is 5.88 Å². The summed E-state index contributed by atoms with van der Waals surface area (Å²) < 4.78 is 10.0. The van der Waals surface area contributed by atoms with Crippen molar-refractivity contribution in [1.82, 2.24) is 4.90 Å². The molecule has 0 saturated heterocycles. The van der Waals surface area contributed by atoms with E-state index in [9.17, 15) is 4.79 Å². The van der Waals surface area contributed by atoms with Crippen LogP contribution in [0.2, 0.25) is 0 Å². The number of furan rings is 1. The van der Waals surface area contributed by atoms with Crippen LogP contribution >= 0.6 is 0 Å². The number of nitrogens with zero attached hydrogens (tertiary/aromatic N) is 1. The maximum Gasteiger partial charge on any atom is 0.371 e. The molecule has 1 aromatic rings. The van der Waals surface area contributed by atoms with Gasteiger partial charge in [-0.2, -0.15) is 0 Å². The van der Waals surface area contributed by atoms with Crippen LogP contribution in [0.1, 0.15) is 10.6 Å². The predicted octanol–water partition coefficient (Wildman–Crippen LogP) is 0.968. The highest BCUT2D eigenvalue weighted by atomic mass is 16.5. The zero-order chi connectivity index (χ0) is 12.7. The number of carbonyl (C=O) groups is 1. The lowest BCUT2D eigenvalue weighted by molar-refractivity contribution is 0.0663. The Balaban J connectivity index is 2.23. The zero-order valence-corrected chi connectivity index (χ0v) is 10.1. The first-order chi connectivity index (χ1) is 8.13. The van der Waals surface area contributed by atoms with Crippen molar-refractivity contribution in [2.24, 2.45) is 0 Å². The highest BCUT2D eigenvalue weighted by Crippen LogP contribution is 2.12.